The maximum absolute atomic E-state index is 12.8. The summed E-state index contributed by atoms with van der Waals surface area (Å²) in [6.45, 7) is 1.60. The van der Waals surface area contributed by atoms with Gasteiger partial charge in [0.05, 0.1) is 17.7 Å². The number of fused-ring (bicyclic) bond motifs is 1. The summed E-state index contributed by atoms with van der Waals surface area (Å²) in [5.41, 5.74) is 2.53. The highest BCUT2D eigenvalue weighted by atomic mass is 16.5. The number of aryl methyl sites for hydroxylation is 1. The lowest BCUT2D eigenvalue weighted by Gasteiger charge is -2.10. The third kappa shape index (κ3) is 4.62. The lowest BCUT2D eigenvalue weighted by atomic mass is 10.0. The summed E-state index contributed by atoms with van der Waals surface area (Å²) in [5.74, 6) is 0.516. The van der Waals surface area contributed by atoms with Crippen LogP contribution in [-0.2, 0) is 6.42 Å². The molecule has 4 rings (SSSR count). The van der Waals surface area contributed by atoms with E-state index >= 15 is 0 Å². The Kier molecular flexibility index (Phi) is 5.76. The highest BCUT2D eigenvalue weighted by molar-refractivity contribution is 6.13. The molecule has 2 aromatic rings. The molecule has 0 atom stereocenters. The van der Waals surface area contributed by atoms with Crippen LogP contribution in [0.1, 0.15) is 64.9 Å². The number of Topliss-reactive ketones (excluding diaryl/α,β-unsaturated/α-hetero) is 1. The maximum Gasteiger partial charge on any atom is 0.257 e. The molecular weight excluding hydrogens is 354 g/mol. The van der Waals surface area contributed by atoms with Crippen LogP contribution in [-0.4, -0.2) is 35.9 Å². The number of rotatable bonds is 8. The number of aromatic amines is 1. The molecule has 0 radical (unpaired) electrons. The molecule has 1 aromatic carbocycles. The largest absolute Gasteiger partial charge is 0.493 e. The molecule has 0 aliphatic heterocycles. The zero-order valence-electron chi connectivity index (χ0n) is 16.1. The molecule has 2 aliphatic rings. The van der Waals surface area contributed by atoms with Crippen LogP contribution in [0.4, 0.5) is 5.69 Å². The highest BCUT2D eigenvalue weighted by Gasteiger charge is 2.24. The molecule has 1 heterocycles. The summed E-state index contributed by atoms with van der Waals surface area (Å²) >= 11 is 0. The molecule has 1 saturated carbocycles. The molecule has 1 amide bonds. The second kappa shape index (κ2) is 8.61. The molecule has 0 bridgehead atoms. The fourth-order valence-electron chi connectivity index (χ4n) is 3.59. The van der Waals surface area contributed by atoms with Crippen LogP contribution >= 0.6 is 0 Å². The van der Waals surface area contributed by atoms with Gasteiger partial charge in [0, 0.05) is 36.1 Å². The van der Waals surface area contributed by atoms with Gasteiger partial charge >= 0.3 is 0 Å². The molecule has 1 aromatic heterocycles. The number of amides is 1. The molecule has 0 unspecified atom stereocenters. The van der Waals surface area contributed by atoms with Crippen molar-refractivity contribution in [2.24, 2.45) is 0 Å². The molecule has 0 spiro atoms. The minimum Gasteiger partial charge on any atom is -0.493 e. The molecular formula is C22H27N3O3. The van der Waals surface area contributed by atoms with Crippen molar-refractivity contribution < 1.29 is 14.3 Å². The van der Waals surface area contributed by atoms with E-state index < -0.39 is 0 Å². The fraction of sp³-hybridized carbons (Fsp3) is 0.455. The fourth-order valence-corrected chi connectivity index (χ4v) is 3.59. The van der Waals surface area contributed by atoms with Gasteiger partial charge in [0.25, 0.3) is 5.91 Å². The molecule has 6 nitrogen and oxygen atoms in total. The van der Waals surface area contributed by atoms with Crippen molar-refractivity contribution >= 4 is 17.4 Å². The first-order valence-corrected chi connectivity index (χ1v) is 10.2. The van der Waals surface area contributed by atoms with Crippen LogP contribution in [0.15, 0.2) is 30.5 Å². The number of anilines is 1. The third-order valence-corrected chi connectivity index (χ3v) is 5.26. The molecule has 3 N–H and O–H groups in total. The van der Waals surface area contributed by atoms with Gasteiger partial charge in [0.15, 0.2) is 5.78 Å². The van der Waals surface area contributed by atoms with Gasteiger partial charge in [0.2, 0.25) is 0 Å². The Morgan fingerprint density at radius 3 is 2.93 bits per heavy atom. The van der Waals surface area contributed by atoms with E-state index in [0.29, 0.717) is 35.9 Å². The number of H-pyrrole nitrogens is 1. The highest BCUT2D eigenvalue weighted by Crippen LogP contribution is 2.25. The molecule has 0 saturated heterocycles. The van der Waals surface area contributed by atoms with Crippen molar-refractivity contribution in [3.63, 3.8) is 0 Å². The van der Waals surface area contributed by atoms with Crippen LogP contribution in [0.3, 0.4) is 0 Å². The van der Waals surface area contributed by atoms with Gasteiger partial charge in [-0.3, -0.25) is 9.59 Å². The van der Waals surface area contributed by atoms with E-state index in [2.05, 4.69) is 15.6 Å². The van der Waals surface area contributed by atoms with Crippen LogP contribution < -0.4 is 15.4 Å². The van der Waals surface area contributed by atoms with E-state index in [1.165, 1.54) is 12.8 Å². The Morgan fingerprint density at radius 1 is 1.21 bits per heavy atom. The molecule has 28 heavy (non-hydrogen) atoms. The lowest BCUT2D eigenvalue weighted by molar-refractivity contribution is 0.0965. The summed E-state index contributed by atoms with van der Waals surface area (Å²) in [7, 11) is 0. The average Bonchev–Trinajstić information content (AvgIpc) is 3.45. The average molecular weight is 381 g/mol. The first-order chi connectivity index (χ1) is 13.7. The van der Waals surface area contributed by atoms with Crippen LogP contribution in [0.2, 0.25) is 0 Å². The van der Waals surface area contributed by atoms with Crippen LogP contribution in [0, 0.1) is 0 Å². The number of hydrogen-bond acceptors (Lipinski definition) is 4. The summed E-state index contributed by atoms with van der Waals surface area (Å²) in [6.07, 6.45) is 8.34. The first kappa shape index (κ1) is 18.7. The number of carbonyl (C=O) groups is 2. The van der Waals surface area contributed by atoms with E-state index in [-0.39, 0.29) is 11.7 Å². The SMILES string of the molecule is O=C(Nc1cccc(OCCCNC2CC2)c1)c1c[nH]c2c1C(=O)CCCC2. The zero-order chi connectivity index (χ0) is 19.3. The third-order valence-electron chi connectivity index (χ3n) is 5.26. The Hall–Kier alpha value is -2.60. The van der Waals surface area contributed by atoms with Crippen molar-refractivity contribution in [2.45, 2.75) is 51.0 Å². The topological polar surface area (TPSA) is 83.2 Å². The van der Waals surface area contributed by atoms with Gasteiger partial charge in [-0.2, -0.15) is 0 Å². The number of ketones is 1. The number of nitrogens with one attached hydrogen (secondary N) is 3. The smallest absolute Gasteiger partial charge is 0.257 e. The van der Waals surface area contributed by atoms with Gasteiger partial charge in [-0.1, -0.05) is 6.07 Å². The first-order valence-electron chi connectivity index (χ1n) is 10.2. The lowest BCUT2D eigenvalue weighted by Crippen LogP contribution is -2.19. The van der Waals surface area contributed by atoms with Crippen LogP contribution in [0.25, 0.3) is 0 Å². The van der Waals surface area contributed by atoms with Crippen molar-refractivity contribution in [3.8, 4) is 5.75 Å². The van der Waals surface area contributed by atoms with Crippen molar-refractivity contribution in [1.82, 2.24) is 10.3 Å². The quantitative estimate of drug-likeness (QED) is 0.481. The number of hydrogen-bond donors (Lipinski definition) is 3. The zero-order valence-corrected chi connectivity index (χ0v) is 16.1. The maximum atomic E-state index is 12.8. The molecule has 6 heteroatoms. The predicted molar refractivity (Wildman–Crippen MR) is 108 cm³/mol. The van der Waals surface area contributed by atoms with E-state index in [1.54, 1.807) is 6.20 Å². The van der Waals surface area contributed by atoms with E-state index in [4.69, 9.17) is 4.74 Å². The van der Waals surface area contributed by atoms with Gasteiger partial charge in [-0.05, 0) is 57.2 Å². The number of aromatic nitrogens is 1. The molecule has 148 valence electrons. The Labute approximate surface area is 165 Å². The van der Waals surface area contributed by atoms with Gasteiger partial charge in [-0.15, -0.1) is 0 Å². The summed E-state index contributed by atoms with van der Waals surface area (Å²) in [4.78, 5) is 28.3. The Morgan fingerprint density at radius 2 is 2.07 bits per heavy atom. The van der Waals surface area contributed by atoms with E-state index in [9.17, 15) is 9.59 Å². The van der Waals surface area contributed by atoms with Crippen LogP contribution in [0.5, 0.6) is 5.75 Å². The normalized spacial score (nSPS) is 16.4. The minimum atomic E-state index is -0.265. The summed E-state index contributed by atoms with van der Waals surface area (Å²) < 4.78 is 5.79. The Bertz CT molecular complexity index is 854. The van der Waals surface area contributed by atoms with Gasteiger partial charge in [0.1, 0.15) is 5.75 Å². The van der Waals surface area contributed by atoms with Crippen molar-refractivity contribution in [2.75, 3.05) is 18.5 Å². The summed E-state index contributed by atoms with van der Waals surface area (Å²) in [5, 5.41) is 6.36. The van der Waals surface area contributed by atoms with E-state index in [0.717, 1.165) is 43.7 Å². The minimum absolute atomic E-state index is 0.0517. The van der Waals surface area contributed by atoms with Crippen molar-refractivity contribution in [3.05, 3.63) is 47.3 Å². The molecule has 1 fully saturated rings. The monoisotopic (exact) mass is 381 g/mol. The second-order valence-corrected chi connectivity index (χ2v) is 7.60. The van der Waals surface area contributed by atoms with E-state index in [1.807, 2.05) is 24.3 Å². The summed E-state index contributed by atoms with van der Waals surface area (Å²) in [6, 6.07) is 8.10. The molecule has 2 aliphatic carbocycles. The number of ether oxygens (including phenoxy) is 1. The second-order valence-electron chi connectivity index (χ2n) is 7.60. The van der Waals surface area contributed by atoms with Gasteiger partial charge in [-0.25, -0.2) is 0 Å². The Balaban J connectivity index is 1.35. The number of benzene rings is 1. The van der Waals surface area contributed by atoms with Crippen molar-refractivity contribution in [1.29, 1.82) is 0 Å². The van der Waals surface area contributed by atoms with Gasteiger partial charge < -0.3 is 20.4 Å². The number of carbonyl (C=O) groups excluding carboxylic acids is 2. The standard InChI is InChI=1S/C22H27N3O3/c26-20-8-2-1-7-19-21(20)18(14-24-19)22(27)25-16-5-3-6-17(13-16)28-12-4-11-23-15-9-10-15/h3,5-6,13-15,23-24H,1-2,4,7-12H2,(H,25,27). The predicted octanol–water partition coefficient (Wildman–Crippen LogP) is 3.70.